The fourth-order valence-corrected chi connectivity index (χ4v) is 2.81. The minimum atomic E-state index is -3.86. The molecule has 0 bridgehead atoms. The number of nitrogens with two attached hydrogens (primary N) is 1. The lowest BCUT2D eigenvalue weighted by atomic mass is 10.1. The number of hydrogen-bond acceptors (Lipinski definition) is 3. The van der Waals surface area contributed by atoms with Gasteiger partial charge in [-0.25, -0.2) is 13.6 Å². The summed E-state index contributed by atoms with van der Waals surface area (Å²) >= 11 is 6.02. The number of primary sulfonamides is 1. The van der Waals surface area contributed by atoms with Crippen LogP contribution in [0.25, 0.3) is 0 Å². The van der Waals surface area contributed by atoms with Gasteiger partial charge in [-0.2, -0.15) is 0 Å². The summed E-state index contributed by atoms with van der Waals surface area (Å²) < 4.78 is 22.8. The highest BCUT2D eigenvalue weighted by Crippen LogP contribution is 2.16. The number of amides is 1. The molecule has 3 N–H and O–H groups in total. The van der Waals surface area contributed by atoms with Crippen molar-refractivity contribution in [3.63, 3.8) is 0 Å². The van der Waals surface area contributed by atoms with Crippen LogP contribution in [0, 0.1) is 6.92 Å². The van der Waals surface area contributed by atoms with Crippen LogP contribution in [0.1, 0.15) is 21.5 Å². The zero-order valence-electron chi connectivity index (χ0n) is 11.8. The molecule has 0 saturated carbocycles. The predicted molar refractivity (Wildman–Crippen MR) is 85.2 cm³/mol. The van der Waals surface area contributed by atoms with Gasteiger partial charge >= 0.3 is 0 Å². The summed E-state index contributed by atoms with van der Waals surface area (Å²) in [6, 6.07) is 11.4. The first-order valence-corrected chi connectivity index (χ1v) is 8.36. The zero-order chi connectivity index (χ0) is 16.3. The van der Waals surface area contributed by atoms with Crippen molar-refractivity contribution in [1.29, 1.82) is 0 Å². The molecule has 7 heteroatoms. The molecule has 0 saturated heterocycles. The van der Waals surface area contributed by atoms with Gasteiger partial charge in [0.25, 0.3) is 5.91 Å². The number of benzene rings is 2. The Bertz CT molecular complexity index is 819. The molecule has 0 aromatic heterocycles. The first kappa shape index (κ1) is 16.5. The van der Waals surface area contributed by atoms with Crippen LogP contribution >= 0.6 is 11.6 Å². The Morgan fingerprint density at radius 3 is 2.55 bits per heavy atom. The largest absolute Gasteiger partial charge is 0.348 e. The van der Waals surface area contributed by atoms with Gasteiger partial charge in [-0.3, -0.25) is 4.79 Å². The van der Waals surface area contributed by atoms with Gasteiger partial charge in [0.1, 0.15) is 0 Å². The van der Waals surface area contributed by atoms with Crippen LogP contribution in [0.3, 0.4) is 0 Å². The van der Waals surface area contributed by atoms with Gasteiger partial charge in [0.2, 0.25) is 10.0 Å². The molecule has 0 spiro atoms. The van der Waals surface area contributed by atoms with Gasteiger partial charge in [0, 0.05) is 17.1 Å². The second kappa shape index (κ2) is 6.48. The second-order valence-corrected chi connectivity index (χ2v) is 6.82. The third kappa shape index (κ3) is 4.07. The lowest BCUT2D eigenvalue weighted by Crippen LogP contribution is -2.23. The van der Waals surface area contributed by atoms with Crippen molar-refractivity contribution in [2.24, 2.45) is 5.14 Å². The maximum absolute atomic E-state index is 12.2. The first-order valence-electron chi connectivity index (χ1n) is 6.43. The summed E-state index contributed by atoms with van der Waals surface area (Å²) in [7, 11) is -3.86. The van der Waals surface area contributed by atoms with E-state index in [4.69, 9.17) is 16.7 Å². The van der Waals surface area contributed by atoms with Crippen LogP contribution in [-0.4, -0.2) is 14.3 Å². The Hall–Kier alpha value is -1.89. The van der Waals surface area contributed by atoms with E-state index in [1.54, 1.807) is 31.2 Å². The molecule has 0 heterocycles. The molecule has 2 aromatic rings. The summed E-state index contributed by atoms with van der Waals surface area (Å²) in [6.45, 7) is 1.94. The van der Waals surface area contributed by atoms with Crippen molar-refractivity contribution >= 4 is 27.5 Å². The molecule has 5 nitrogen and oxygen atoms in total. The van der Waals surface area contributed by atoms with Crippen LogP contribution < -0.4 is 10.5 Å². The van der Waals surface area contributed by atoms with Crippen molar-refractivity contribution in [3.05, 3.63) is 64.2 Å². The van der Waals surface area contributed by atoms with Crippen LogP contribution in [0.5, 0.6) is 0 Å². The molecule has 1 amide bonds. The highest BCUT2D eigenvalue weighted by molar-refractivity contribution is 7.89. The van der Waals surface area contributed by atoms with Gasteiger partial charge < -0.3 is 5.32 Å². The van der Waals surface area contributed by atoms with E-state index in [9.17, 15) is 13.2 Å². The van der Waals surface area contributed by atoms with Gasteiger partial charge in [-0.1, -0.05) is 29.8 Å². The number of aryl methyl sites for hydroxylation is 1. The quantitative estimate of drug-likeness (QED) is 0.895. The van der Waals surface area contributed by atoms with Crippen LogP contribution in [0.4, 0.5) is 0 Å². The topological polar surface area (TPSA) is 89.3 Å². The lowest BCUT2D eigenvalue weighted by Gasteiger charge is -2.09. The number of hydrogen-bond donors (Lipinski definition) is 2. The van der Waals surface area contributed by atoms with E-state index in [2.05, 4.69) is 5.32 Å². The van der Waals surface area contributed by atoms with E-state index in [1.165, 1.54) is 12.1 Å². The summed E-state index contributed by atoms with van der Waals surface area (Å²) in [5.74, 6) is -0.395. The van der Waals surface area contributed by atoms with Gasteiger partial charge in [0.05, 0.1) is 4.90 Å². The molecule has 0 unspecified atom stereocenters. The normalized spacial score (nSPS) is 11.2. The maximum Gasteiger partial charge on any atom is 0.251 e. The monoisotopic (exact) mass is 338 g/mol. The smallest absolute Gasteiger partial charge is 0.251 e. The Morgan fingerprint density at radius 2 is 1.91 bits per heavy atom. The van der Waals surface area contributed by atoms with Crippen molar-refractivity contribution < 1.29 is 13.2 Å². The lowest BCUT2D eigenvalue weighted by molar-refractivity contribution is 0.0950. The minimum Gasteiger partial charge on any atom is -0.348 e. The molecule has 116 valence electrons. The summed E-state index contributed by atoms with van der Waals surface area (Å²) in [5, 5.41) is 8.36. The van der Waals surface area contributed by atoms with Crippen molar-refractivity contribution in [3.8, 4) is 0 Å². The fourth-order valence-electron chi connectivity index (χ4n) is 1.96. The zero-order valence-corrected chi connectivity index (χ0v) is 13.4. The van der Waals surface area contributed by atoms with Crippen LogP contribution in [-0.2, 0) is 16.6 Å². The molecule has 0 fully saturated rings. The predicted octanol–water partition coefficient (Wildman–Crippen LogP) is 2.23. The van der Waals surface area contributed by atoms with E-state index in [0.29, 0.717) is 10.6 Å². The second-order valence-electron chi connectivity index (χ2n) is 4.85. The van der Waals surface area contributed by atoms with Crippen LogP contribution in [0.15, 0.2) is 47.4 Å². The molecule has 0 aliphatic rings. The SMILES string of the molecule is Cc1cc(C(=O)NCc2ccccc2Cl)cc(S(N)(=O)=O)c1. The van der Waals surface area contributed by atoms with Crippen LogP contribution in [0.2, 0.25) is 5.02 Å². The average Bonchev–Trinajstić information content (AvgIpc) is 2.44. The molecule has 0 atom stereocenters. The molecular formula is C15H15ClN2O3S. The highest BCUT2D eigenvalue weighted by atomic mass is 35.5. The number of carbonyl (C=O) groups is 1. The van der Waals surface area contributed by atoms with Gasteiger partial charge in [0.15, 0.2) is 0 Å². The third-order valence-corrected chi connectivity index (χ3v) is 4.30. The standard InChI is InChI=1S/C15H15ClN2O3S/c1-10-6-12(8-13(7-10)22(17,20)21)15(19)18-9-11-4-2-3-5-14(11)16/h2-8H,9H2,1H3,(H,18,19)(H2,17,20,21). The molecule has 2 aromatic carbocycles. The number of sulfonamides is 1. The van der Waals surface area contributed by atoms with E-state index >= 15 is 0 Å². The molecule has 2 rings (SSSR count). The van der Waals surface area contributed by atoms with Gasteiger partial charge in [-0.15, -0.1) is 0 Å². The Balaban J connectivity index is 2.20. The molecule has 0 aliphatic carbocycles. The fraction of sp³-hybridized carbons (Fsp3) is 0.133. The maximum atomic E-state index is 12.2. The van der Waals surface area contributed by atoms with E-state index in [-0.39, 0.29) is 17.0 Å². The number of carbonyl (C=O) groups excluding carboxylic acids is 1. The number of nitrogens with one attached hydrogen (secondary N) is 1. The minimum absolute atomic E-state index is 0.0876. The van der Waals surface area contributed by atoms with Crippen molar-refractivity contribution in [2.45, 2.75) is 18.4 Å². The Labute approximate surface area is 134 Å². The molecule has 22 heavy (non-hydrogen) atoms. The average molecular weight is 339 g/mol. The van der Waals surface area contributed by atoms with Gasteiger partial charge in [-0.05, 0) is 42.3 Å². The number of rotatable bonds is 4. The summed E-state index contributed by atoms with van der Waals surface area (Å²) in [6.07, 6.45) is 0. The Kier molecular flexibility index (Phi) is 4.85. The van der Waals surface area contributed by atoms with E-state index in [0.717, 1.165) is 5.56 Å². The van der Waals surface area contributed by atoms with Crippen molar-refractivity contribution in [2.75, 3.05) is 0 Å². The van der Waals surface area contributed by atoms with E-state index < -0.39 is 15.9 Å². The third-order valence-electron chi connectivity index (χ3n) is 3.04. The molecule has 0 aliphatic heterocycles. The summed E-state index contributed by atoms with van der Waals surface area (Å²) in [4.78, 5) is 12.1. The molecular weight excluding hydrogens is 324 g/mol. The number of halogens is 1. The van der Waals surface area contributed by atoms with Crippen molar-refractivity contribution in [1.82, 2.24) is 5.32 Å². The first-order chi connectivity index (χ1) is 10.3. The molecule has 0 radical (unpaired) electrons. The van der Waals surface area contributed by atoms with E-state index in [1.807, 2.05) is 6.07 Å². The summed E-state index contributed by atoms with van der Waals surface area (Å²) in [5.41, 5.74) is 1.64. The Morgan fingerprint density at radius 1 is 1.23 bits per heavy atom. The highest BCUT2D eigenvalue weighted by Gasteiger charge is 2.13.